The third-order valence-electron chi connectivity index (χ3n) is 4.19. The number of aromatic nitrogens is 4. The molecule has 0 radical (unpaired) electrons. The van der Waals surface area contributed by atoms with Crippen molar-refractivity contribution in [2.75, 3.05) is 5.32 Å². The molecule has 0 fully saturated rings. The van der Waals surface area contributed by atoms with Crippen LogP contribution in [0, 0.1) is 0 Å². The summed E-state index contributed by atoms with van der Waals surface area (Å²) in [5.41, 5.74) is 4.64. The van der Waals surface area contributed by atoms with Crippen LogP contribution in [0.4, 0.5) is 5.69 Å². The third kappa shape index (κ3) is 3.22. The van der Waals surface area contributed by atoms with Crippen molar-refractivity contribution in [2.24, 2.45) is 0 Å². The van der Waals surface area contributed by atoms with Gasteiger partial charge in [-0.2, -0.15) is 0 Å². The maximum atomic E-state index is 4.97. The summed E-state index contributed by atoms with van der Waals surface area (Å²) in [7, 11) is 0. The Morgan fingerprint density at radius 2 is 1.63 bits per heavy atom. The van der Waals surface area contributed by atoms with Gasteiger partial charge in [0, 0.05) is 18.1 Å². The normalized spacial score (nSPS) is 11.1. The van der Waals surface area contributed by atoms with E-state index in [2.05, 4.69) is 38.2 Å². The van der Waals surface area contributed by atoms with Crippen LogP contribution in [0.3, 0.4) is 0 Å². The molecule has 0 aliphatic heterocycles. The number of hydrogen-bond acceptors (Lipinski definition) is 6. The van der Waals surface area contributed by atoms with E-state index in [4.69, 9.17) is 9.97 Å². The molecule has 0 atom stereocenters. The highest BCUT2D eigenvalue weighted by Gasteiger charge is 2.15. The third-order valence-corrected chi connectivity index (χ3v) is 5.94. The van der Waals surface area contributed by atoms with Crippen molar-refractivity contribution in [3.63, 3.8) is 0 Å². The molecule has 0 aliphatic rings. The average Bonchev–Trinajstić information content (AvgIpc) is 3.48. The molecule has 4 heterocycles. The van der Waals surface area contributed by atoms with E-state index < -0.39 is 0 Å². The molecule has 5 rings (SSSR count). The highest BCUT2D eigenvalue weighted by Crippen LogP contribution is 2.35. The van der Waals surface area contributed by atoms with Gasteiger partial charge < -0.3 is 10.3 Å². The number of benzene rings is 1. The second kappa shape index (κ2) is 6.94. The van der Waals surface area contributed by atoms with Crippen LogP contribution in [0.1, 0.15) is 5.82 Å². The van der Waals surface area contributed by atoms with Gasteiger partial charge in [-0.3, -0.25) is 0 Å². The standard InChI is InChI=1S/C20H15N5S2/c1-3-16(26-9-1)19-20(17-4-2-10-27-17)25-15-11-13(5-6-14(15)24-19)23-12-18-21-7-8-22-18/h1-11,23H,12H2,(H,21,22). The predicted molar refractivity (Wildman–Crippen MR) is 112 cm³/mol. The van der Waals surface area contributed by atoms with Crippen molar-refractivity contribution in [1.29, 1.82) is 0 Å². The SMILES string of the molecule is c1csc(-c2nc3ccc(NCc4ncc[nH]4)cc3nc2-c2cccs2)c1. The number of thiophene rings is 2. The van der Waals surface area contributed by atoms with Gasteiger partial charge in [0.05, 0.1) is 27.3 Å². The van der Waals surface area contributed by atoms with E-state index in [-0.39, 0.29) is 0 Å². The molecule has 0 aliphatic carbocycles. The van der Waals surface area contributed by atoms with E-state index in [1.807, 2.05) is 36.5 Å². The topological polar surface area (TPSA) is 66.5 Å². The second-order valence-electron chi connectivity index (χ2n) is 5.97. The van der Waals surface area contributed by atoms with Gasteiger partial charge in [0.25, 0.3) is 0 Å². The second-order valence-corrected chi connectivity index (χ2v) is 7.86. The van der Waals surface area contributed by atoms with E-state index in [0.717, 1.165) is 43.7 Å². The minimum atomic E-state index is 0.636. The summed E-state index contributed by atoms with van der Waals surface area (Å²) in [5, 5.41) is 7.52. The molecule has 132 valence electrons. The van der Waals surface area contributed by atoms with Crippen LogP contribution in [0.5, 0.6) is 0 Å². The molecule has 0 spiro atoms. The van der Waals surface area contributed by atoms with Crippen molar-refractivity contribution in [1.82, 2.24) is 19.9 Å². The van der Waals surface area contributed by atoms with E-state index in [1.54, 1.807) is 28.9 Å². The lowest BCUT2D eigenvalue weighted by Gasteiger charge is -2.09. The molecule has 4 aromatic heterocycles. The quantitative estimate of drug-likeness (QED) is 0.421. The van der Waals surface area contributed by atoms with Gasteiger partial charge in [-0.15, -0.1) is 22.7 Å². The number of hydrogen-bond donors (Lipinski definition) is 2. The Kier molecular flexibility index (Phi) is 4.16. The molecular formula is C20H15N5S2. The van der Waals surface area contributed by atoms with Crippen molar-refractivity contribution in [2.45, 2.75) is 6.54 Å². The number of rotatable bonds is 5. The Balaban J connectivity index is 1.58. The number of aromatic amines is 1. The van der Waals surface area contributed by atoms with Crippen LogP contribution < -0.4 is 5.32 Å². The number of nitrogens with zero attached hydrogens (tertiary/aromatic N) is 3. The zero-order valence-corrected chi connectivity index (χ0v) is 15.8. The van der Waals surface area contributed by atoms with Crippen LogP contribution in [0.2, 0.25) is 0 Å². The fourth-order valence-electron chi connectivity index (χ4n) is 2.91. The first kappa shape index (κ1) is 16.2. The maximum absolute atomic E-state index is 4.97. The largest absolute Gasteiger partial charge is 0.378 e. The van der Waals surface area contributed by atoms with Gasteiger partial charge in [0.2, 0.25) is 0 Å². The van der Waals surface area contributed by atoms with Crippen LogP contribution in [0.25, 0.3) is 32.2 Å². The summed E-state index contributed by atoms with van der Waals surface area (Å²) in [6, 6.07) is 14.4. The van der Waals surface area contributed by atoms with Gasteiger partial charge in [-0.05, 0) is 41.1 Å². The lowest BCUT2D eigenvalue weighted by atomic mass is 10.2. The molecule has 0 unspecified atom stereocenters. The predicted octanol–water partition coefficient (Wildman–Crippen LogP) is 5.42. The number of imidazole rings is 1. The minimum absolute atomic E-state index is 0.636. The average molecular weight is 390 g/mol. The van der Waals surface area contributed by atoms with E-state index in [1.165, 1.54) is 0 Å². The number of nitrogens with one attached hydrogen (secondary N) is 2. The van der Waals surface area contributed by atoms with Crippen LogP contribution >= 0.6 is 22.7 Å². The van der Waals surface area contributed by atoms with Crippen molar-refractivity contribution < 1.29 is 0 Å². The Morgan fingerprint density at radius 1 is 0.889 bits per heavy atom. The van der Waals surface area contributed by atoms with Gasteiger partial charge >= 0.3 is 0 Å². The maximum Gasteiger partial charge on any atom is 0.125 e. The number of anilines is 1. The van der Waals surface area contributed by atoms with Gasteiger partial charge in [0.1, 0.15) is 17.2 Å². The molecule has 5 aromatic rings. The Bertz CT molecular complexity index is 1160. The molecular weight excluding hydrogens is 374 g/mol. The zero-order chi connectivity index (χ0) is 18.1. The first-order chi connectivity index (χ1) is 13.4. The molecule has 1 aromatic carbocycles. The fraction of sp³-hybridized carbons (Fsp3) is 0.0500. The van der Waals surface area contributed by atoms with Crippen molar-refractivity contribution in [3.05, 3.63) is 71.4 Å². The summed E-state index contributed by atoms with van der Waals surface area (Å²) >= 11 is 3.37. The van der Waals surface area contributed by atoms with Crippen molar-refractivity contribution >= 4 is 39.4 Å². The highest BCUT2D eigenvalue weighted by atomic mass is 32.1. The van der Waals surface area contributed by atoms with Gasteiger partial charge in [0.15, 0.2) is 0 Å². The molecule has 27 heavy (non-hydrogen) atoms. The molecule has 2 N–H and O–H groups in total. The first-order valence-electron chi connectivity index (χ1n) is 8.48. The lowest BCUT2D eigenvalue weighted by Crippen LogP contribution is -2.01. The van der Waals surface area contributed by atoms with Crippen molar-refractivity contribution in [3.8, 4) is 21.1 Å². The van der Waals surface area contributed by atoms with E-state index in [9.17, 15) is 0 Å². The number of H-pyrrole nitrogens is 1. The number of fused-ring (bicyclic) bond motifs is 1. The summed E-state index contributed by atoms with van der Waals surface area (Å²) < 4.78 is 0. The smallest absolute Gasteiger partial charge is 0.125 e. The molecule has 7 heteroatoms. The van der Waals surface area contributed by atoms with Crippen LogP contribution in [0.15, 0.2) is 65.6 Å². The molecule has 0 saturated carbocycles. The Morgan fingerprint density at radius 3 is 2.26 bits per heavy atom. The minimum Gasteiger partial charge on any atom is -0.378 e. The molecule has 0 amide bonds. The van der Waals surface area contributed by atoms with Crippen LogP contribution in [-0.2, 0) is 6.54 Å². The first-order valence-corrected chi connectivity index (χ1v) is 10.2. The van der Waals surface area contributed by atoms with E-state index in [0.29, 0.717) is 6.54 Å². The monoisotopic (exact) mass is 389 g/mol. The van der Waals surface area contributed by atoms with Gasteiger partial charge in [-0.1, -0.05) is 12.1 Å². The summed E-state index contributed by atoms with van der Waals surface area (Å²) in [4.78, 5) is 19.5. The van der Waals surface area contributed by atoms with E-state index >= 15 is 0 Å². The molecule has 5 nitrogen and oxygen atoms in total. The highest BCUT2D eigenvalue weighted by molar-refractivity contribution is 7.14. The summed E-state index contributed by atoms with van der Waals surface area (Å²) in [6.45, 7) is 0.636. The summed E-state index contributed by atoms with van der Waals surface area (Å²) in [6.07, 6.45) is 3.57. The zero-order valence-electron chi connectivity index (χ0n) is 14.2. The molecule has 0 saturated heterocycles. The van der Waals surface area contributed by atoms with Gasteiger partial charge in [-0.25, -0.2) is 15.0 Å². The Hall–Kier alpha value is -3.03. The summed E-state index contributed by atoms with van der Waals surface area (Å²) in [5.74, 6) is 0.897. The lowest BCUT2D eigenvalue weighted by molar-refractivity contribution is 1.00. The fourth-order valence-corrected chi connectivity index (χ4v) is 4.34. The Labute approximate surface area is 163 Å². The van der Waals surface area contributed by atoms with Crippen LogP contribution in [-0.4, -0.2) is 19.9 Å². The molecule has 0 bridgehead atoms.